The largest absolute Gasteiger partial charge is 0.315 e. The van der Waals surface area contributed by atoms with Crippen molar-refractivity contribution in [1.29, 1.82) is 0 Å². The lowest BCUT2D eigenvalue weighted by atomic mass is 9.86. The Morgan fingerprint density at radius 2 is 2.00 bits per heavy atom. The molecule has 108 valence electrons. The molecular weight excluding hydrogens is 234 g/mol. The van der Waals surface area contributed by atoms with Gasteiger partial charge in [-0.15, -0.1) is 0 Å². The first-order valence-electron chi connectivity index (χ1n) is 7.19. The van der Waals surface area contributed by atoms with Crippen molar-refractivity contribution in [2.45, 2.75) is 47.2 Å². The summed E-state index contributed by atoms with van der Waals surface area (Å²) < 4.78 is 0. The van der Waals surface area contributed by atoms with Crippen LogP contribution >= 0.6 is 0 Å². The first-order valence-corrected chi connectivity index (χ1v) is 7.19. The Hall–Kier alpha value is -0.930. The van der Waals surface area contributed by atoms with E-state index < -0.39 is 0 Å². The molecular formula is C16H29N3. The van der Waals surface area contributed by atoms with Gasteiger partial charge in [0.1, 0.15) is 0 Å². The van der Waals surface area contributed by atoms with Crippen LogP contribution in [-0.2, 0) is 6.54 Å². The minimum Gasteiger partial charge on any atom is -0.315 e. The van der Waals surface area contributed by atoms with Crippen molar-refractivity contribution in [3.8, 4) is 0 Å². The molecule has 1 rings (SSSR count). The zero-order valence-corrected chi connectivity index (χ0v) is 13.3. The number of nitrogens with zero attached hydrogens (tertiary/aromatic N) is 2. The Bertz CT molecular complexity index is 382. The Kier molecular flexibility index (Phi) is 5.95. The summed E-state index contributed by atoms with van der Waals surface area (Å²) in [6.45, 7) is 14.1. The van der Waals surface area contributed by atoms with Crippen LogP contribution in [0.4, 0.5) is 0 Å². The van der Waals surface area contributed by atoms with E-state index in [4.69, 9.17) is 0 Å². The third-order valence-corrected chi connectivity index (χ3v) is 3.61. The summed E-state index contributed by atoms with van der Waals surface area (Å²) in [5, 5.41) is 3.44. The van der Waals surface area contributed by atoms with Crippen LogP contribution in [-0.4, -0.2) is 36.1 Å². The maximum atomic E-state index is 4.59. The van der Waals surface area contributed by atoms with E-state index in [2.05, 4.69) is 62.1 Å². The lowest BCUT2D eigenvalue weighted by Gasteiger charge is -2.34. The number of aryl methyl sites for hydroxylation is 1. The lowest BCUT2D eigenvalue weighted by molar-refractivity contribution is 0.178. The van der Waals surface area contributed by atoms with E-state index >= 15 is 0 Å². The number of rotatable bonds is 6. The topological polar surface area (TPSA) is 28.2 Å². The van der Waals surface area contributed by atoms with Gasteiger partial charge in [-0.3, -0.25) is 9.88 Å². The highest BCUT2D eigenvalue weighted by Gasteiger charge is 2.24. The van der Waals surface area contributed by atoms with Crippen molar-refractivity contribution in [2.24, 2.45) is 5.41 Å². The molecule has 1 unspecified atom stereocenters. The summed E-state index contributed by atoms with van der Waals surface area (Å²) in [4.78, 5) is 7.05. The monoisotopic (exact) mass is 263 g/mol. The van der Waals surface area contributed by atoms with Crippen molar-refractivity contribution in [2.75, 3.05) is 20.1 Å². The summed E-state index contributed by atoms with van der Waals surface area (Å²) >= 11 is 0. The molecule has 1 aromatic rings. The summed E-state index contributed by atoms with van der Waals surface area (Å²) in [5.74, 6) is 0. The quantitative estimate of drug-likeness (QED) is 0.855. The lowest BCUT2D eigenvalue weighted by Crippen LogP contribution is -2.47. The molecule has 0 fully saturated rings. The van der Waals surface area contributed by atoms with Crippen LogP contribution in [0.2, 0.25) is 0 Å². The number of hydrogen-bond donors (Lipinski definition) is 1. The Labute approximate surface area is 118 Å². The third-order valence-electron chi connectivity index (χ3n) is 3.61. The average molecular weight is 263 g/mol. The van der Waals surface area contributed by atoms with Gasteiger partial charge in [0.2, 0.25) is 0 Å². The van der Waals surface area contributed by atoms with Crippen LogP contribution in [0.25, 0.3) is 0 Å². The summed E-state index contributed by atoms with van der Waals surface area (Å²) in [7, 11) is 2.05. The highest BCUT2D eigenvalue weighted by molar-refractivity contribution is 5.09. The molecule has 1 heterocycles. The predicted molar refractivity (Wildman–Crippen MR) is 82.2 cm³/mol. The minimum atomic E-state index is 0.266. The first kappa shape index (κ1) is 16.1. The van der Waals surface area contributed by atoms with Gasteiger partial charge in [-0.1, -0.05) is 33.8 Å². The molecule has 0 saturated heterocycles. The van der Waals surface area contributed by atoms with Gasteiger partial charge >= 0.3 is 0 Å². The molecule has 0 bridgehead atoms. The molecule has 0 spiro atoms. The SMILES string of the molecule is CCN(Cc1cccc(C)n1)CC(NC)C(C)(C)C. The number of nitrogens with one attached hydrogen (secondary N) is 1. The summed E-state index contributed by atoms with van der Waals surface area (Å²) in [6, 6.07) is 6.73. The number of likely N-dealkylation sites (N-methyl/N-ethyl adjacent to an activating group) is 2. The molecule has 0 amide bonds. The van der Waals surface area contributed by atoms with Crippen LogP contribution in [0.5, 0.6) is 0 Å². The van der Waals surface area contributed by atoms with Gasteiger partial charge < -0.3 is 5.32 Å². The van der Waals surface area contributed by atoms with E-state index in [0.717, 1.165) is 31.0 Å². The molecule has 0 radical (unpaired) electrons. The van der Waals surface area contributed by atoms with Gasteiger partial charge in [0.05, 0.1) is 5.69 Å². The minimum absolute atomic E-state index is 0.266. The molecule has 0 aliphatic carbocycles. The van der Waals surface area contributed by atoms with Crippen molar-refractivity contribution in [1.82, 2.24) is 15.2 Å². The van der Waals surface area contributed by atoms with Crippen LogP contribution < -0.4 is 5.32 Å². The van der Waals surface area contributed by atoms with Crippen molar-refractivity contribution >= 4 is 0 Å². The van der Waals surface area contributed by atoms with Crippen LogP contribution in [0.1, 0.15) is 39.1 Å². The normalized spacial score (nSPS) is 13.8. The number of aromatic nitrogens is 1. The molecule has 3 heteroatoms. The van der Waals surface area contributed by atoms with E-state index in [-0.39, 0.29) is 5.41 Å². The smallest absolute Gasteiger partial charge is 0.0547 e. The van der Waals surface area contributed by atoms with E-state index in [1.54, 1.807) is 0 Å². The fourth-order valence-corrected chi connectivity index (χ4v) is 2.28. The highest BCUT2D eigenvalue weighted by Crippen LogP contribution is 2.20. The molecule has 1 N–H and O–H groups in total. The summed E-state index contributed by atoms with van der Waals surface area (Å²) in [6.07, 6.45) is 0. The Balaban J connectivity index is 2.68. The average Bonchev–Trinajstić information content (AvgIpc) is 2.32. The van der Waals surface area contributed by atoms with Gasteiger partial charge in [-0.05, 0) is 38.1 Å². The molecule has 3 nitrogen and oxygen atoms in total. The number of hydrogen-bond acceptors (Lipinski definition) is 3. The fourth-order valence-electron chi connectivity index (χ4n) is 2.28. The van der Waals surface area contributed by atoms with Gasteiger partial charge in [0, 0.05) is 24.8 Å². The van der Waals surface area contributed by atoms with Crippen molar-refractivity contribution < 1.29 is 0 Å². The zero-order chi connectivity index (χ0) is 14.5. The summed E-state index contributed by atoms with van der Waals surface area (Å²) in [5.41, 5.74) is 2.52. The maximum absolute atomic E-state index is 4.59. The molecule has 1 atom stereocenters. The second kappa shape index (κ2) is 7.01. The van der Waals surface area contributed by atoms with Gasteiger partial charge in [0.15, 0.2) is 0 Å². The van der Waals surface area contributed by atoms with E-state index in [1.807, 2.05) is 13.0 Å². The molecule has 0 aliphatic rings. The Morgan fingerprint density at radius 1 is 1.32 bits per heavy atom. The predicted octanol–water partition coefficient (Wildman–Crippen LogP) is 2.85. The first-order chi connectivity index (χ1) is 8.86. The second-order valence-electron chi connectivity index (χ2n) is 6.31. The maximum Gasteiger partial charge on any atom is 0.0547 e. The van der Waals surface area contributed by atoms with Gasteiger partial charge in [-0.25, -0.2) is 0 Å². The van der Waals surface area contributed by atoms with Gasteiger partial charge in [-0.2, -0.15) is 0 Å². The highest BCUT2D eigenvalue weighted by atomic mass is 15.2. The molecule has 0 saturated carbocycles. The van der Waals surface area contributed by atoms with Crippen LogP contribution in [0.3, 0.4) is 0 Å². The molecule has 0 aliphatic heterocycles. The zero-order valence-electron chi connectivity index (χ0n) is 13.3. The molecule has 19 heavy (non-hydrogen) atoms. The Morgan fingerprint density at radius 3 is 2.47 bits per heavy atom. The van der Waals surface area contributed by atoms with E-state index in [9.17, 15) is 0 Å². The van der Waals surface area contributed by atoms with Crippen molar-refractivity contribution in [3.63, 3.8) is 0 Å². The fraction of sp³-hybridized carbons (Fsp3) is 0.688. The van der Waals surface area contributed by atoms with E-state index in [0.29, 0.717) is 6.04 Å². The third kappa shape index (κ3) is 5.29. The second-order valence-corrected chi connectivity index (χ2v) is 6.31. The number of pyridine rings is 1. The van der Waals surface area contributed by atoms with Crippen LogP contribution in [0, 0.1) is 12.3 Å². The van der Waals surface area contributed by atoms with Gasteiger partial charge in [0.25, 0.3) is 0 Å². The standard InChI is InChI=1S/C16H29N3/c1-7-19(12-15(17-6)16(3,4)5)11-14-10-8-9-13(2)18-14/h8-10,15,17H,7,11-12H2,1-6H3. The molecule has 0 aromatic carbocycles. The molecule has 1 aromatic heterocycles. The van der Waals surface area contributed by atoms with Crippen LogP contribution in [0.15, 0.2) is 18.2 Å². The van der Waals surface area contributed by atoms with Crippen molar-refractivity contribution in [3.05, 3.63) is 29.6 Å². The van der Waals surface area contributed by atoms with E-state index in [1.165, 1.54) is 0 Å².